The Balaban J connectivity index is 1.72. The summed E-state index contributed by atoms with van der Waals surface area (Å²) in [5, 5.41) is 6.63. The Kier molecular flexibility index (Phi) is 7.15. The number of nitrogens with one attached hydrogen (secondary N) is 2. The standard InChI is InChI=1S/C21H34N2O2/c1-5-6-7-16-8-10-17(11-9-16)22-18-12-14-19(15-13-18)23-20(24)25-21(2,3)4/h8-11,18-19,22H,5-7,12-15H2,1-4H3,(H,23,24). The smallest absolute Gasteiger partial charge is 0.407 e. The molecule has 0 radical (unpaired) electrons. The Bertz CT molecular complexity index is 526. The van der Waals surface area contributed by atoms with Gasteiger partial charge in [-0.05, 0) is 77.0 Å². The van der Waals surface area contributed by atoms with E-state index in [1.54, 1.807) is 0 Å². The third kappa shape index (κ3) is 7.37. The third-order valence-corrected chi connectivity index (χ3v) is 4.59. The maximum Gasteiger partial charge on any atom is 0.407 e. The number of alkyl carbamates (subject to hydrolysis) is 1. The molecule has 1 aliphatic carbocycles. The molecule has 1 fully saturated rings. The number of hydrogen-bond donors (Lipinski definition) is 2. The predicted octanol–water partition coefficient (Wildman–Crippen LogP) is 5.28. The van der Waals surface area contributed by atoms with E-state index in [1.807, 2.05) is 20.8 Å². The van der Waals surface area contributed by atoms with Crippen LogP contribution in [0.3, 0.4) is 0 Å². The minimum Gasteiger partial charge on any atom is -0.444 e. The van der Waals surface area contributed by atoms with Crippen molar-refractivity contribution in [3.63, 3.8) is 0 Å². The van der Waals surface area contributed by atoms with Crippen LogP contribution < -0.4 is 10.6 Å². The maximum atomic E-state index is 11.9. The van der Waals surface area contributed by atoms with Crippen molar-refractivity contribution in [1.29, 1.82) is 0 Å². The van der Waals surface area contributed by atoms with E-state index in [2.05, 4.69) is 41.8 Å². The molecular formula is C21H34N2O2. The zero-order valence-corrected chi connectivity index (χ0v) is 16.2. The van der Waals surface area contributed by atoms with Gasteiger partial charge in [-0.1, -0.05) is 25.5 Å². The van der Waals surface area contributed by atoms with Crippen molar-refractivity contribution in [3.8, 4) is 0 Å². The van der Waals surface area contributed by atoms with Crippen molar-refractivity contribution in [1.82, 2.24) is 5.32 Å². The number of carbonyl (C=O) groups is 1. The minimum absolute atomic E-state index is 0.226. The van der Waals surface area contributed by atoms with E-state index >= 15 is 0 Å². The summed E-state index contributed by atoms with van der Waals surface area (Å²) in [7, 11) is 0. The van der Waals surface area contributed by atoms with Crippen LogP contribution in [0, 0.1) is 0 Å². The molecule has 2 rings (SSSR count). The zero-order chi connectivity index (χ0) is 18.3. The molecule has 1 amide bonds. The molecule has 0 aromatic heterocycles. The molecule has 0 heterocycles. The number of hydrogen-bond acceptors (Lipinski definition) is 3. The molecule has 0 bridgehead atoms. The van der Waals surface area contributed by atoms with Crippen LogP contribution in [-0.2, 0) is 11.2 Å². The first kappa shape index (κ1) is 19.6. The van der Waals surface area contributed by atoms with Gasteiger partial charge in [0.1, 0.15) is 5.60 Å². The van der Waals surface area contributed by atoms with Gasteiger partial charge < -0.3 is 15.4 Å². The monoisotopic (exact) mass is 346 g/mol. The van der Waals surface area contributed by atoms with Gasteiger partial charge in [0.25, 0.3) is 0 Å². The fourth-order valence-electron chi connectivity index (χ4n) is 3.24. The van der Waals surface area contributed by atoms with E-state index in [0.717, 1.165) is 32.1 Å². The number of unbranched alkanes of at least 4 members (excludes halogenated alkanes) is 1. The first-order chi connectivity index (χ1) is 11.9. The van der Waals surface area contributed by atoms with Crippen LogP contribution >= 0.6 is 0 Å². The summed E-state index contributed by atoms with van der Waals surface area (Å²) in [5.41, 5.74) is 2.17. The summed E-state index contributed by atoms with van der Waals surface area (Å²) in [6, 6.07) is 9.55. The molecular weight excluding hydrogens is 312 g/mol. The Morgan fingerprint density at radius 3 is 2.24 bits per heavy atom. The number of aryl methyl sites for hydroxylation is 1. The highest BCUT2D eigenvalue weighted by atomic mass is 16.6. The number of amides is 1. The molecule has 4 nitrogen and oxygen atoms in total. The van der Waals surface area contributed by atoms with Gasteiger partial charge in [-0.3, -0.25) is 0 Å². The second-order valence-electron chi connectivity index (χ2n) is 8.14. The summed E-state index contributed by atoms with van der Waals surface area (Å²) in [6.07, 6.45) is 7.47. The number of rotatable bonds is 6. The molecule has 1 aromatic rings. The largest absolute Gasteiger partial charge is 0.444 e. The molecule has 4 heteroatoms. The third-order valence-electron chi connectivity index (χ3n) is 4.59. The first-order valence-corrected chi connectivity index (χ1v) is 9.70. The fourth-order valence-corrected chi connectivity index (χ4v) is 3.24. The van der Waals surface area contributed by atoms with Gasteiger partial charge in [0.15, 0.2) is 0 Å². The van der Waals surface area contributed by atoms with E-state index in [0.29, 0.717) is 6.04 Å². The highest BCUT2D eigenvalue weighted by molar-refractivity contribution is 5.68. The summed E-state index contributed by atoms with van der Waals surface area (Å²) < 4.78 is 5.34. The molecule has 0 unspecified atom stereocenters. The van der Waals surface area contributed by atoms with Crippen molar-refractivity contribution in [2.45, 2.75) is 90.3 Å². The van der Waals surface area contributed by atoms with Gasteiger partial charge in [-0.25, -0.2) is 4.79 Å². The Morgan fingerprint density at radius 1 is 1.08 bits per heavy atom. The van der Waals surface area contributed by atoms with Crippen molar-refractivity contribution in [3.05, 3.63) is 29.8 Å². The van der Waals surface area contributed by atoms with Crippen LogP contribution in [0.15, 0.2) is 24.3 Å². The minimum atomic E-state index is -0.438. The average Bonchev–Trinajstić information content (AvgIpc) is 2.54. The molecule has 1 aliphatic rings. The molecule has 0 spiro atoms. The lowest BCUT2D eigenvalue weighted by Crippen LogP contribution is -2.42. The number of benzene rings is 1. The van der Waals surface area contributed by atoms with Crippen molar-refractivity contribution < 1.29 is 9.53 Å². The number of anilines is 1. The van der Waals surface area contributed by atoms with Crippen molar-refractivity contribution in [2.75, 3.05) is 5.32 Å². The molecule has 0 atom stereocenters. The lowest BCUT2D eigenvalue weighted by molar-refractivity contribution is 0.0492. The van der Waals surface area contributed by atoms with Crippen LogP contribution in [0.25, 0.3) is 0 Å². The normalized spacial score (nSPS) is 20.8. The van der Waals surface area contributed by atoms with Crippen LogP contribution in [-0.4, -0.2) is 23.8 Å². The Morgan fingerprint density at radius 2 is 1.68 bits per heavy atom. The zero-order valence-electron chi connectivity index (χ0n) is 16.2. The van der Waals surface area contributed by atoms with E-state index in [-0.39, 0.29) is 12.1 Å². The van der Waals surface area contributed by atoms with Crippen LogP contribution in [0.1, 0.15) is 71.8 Å². The topological polar surface area (TPSA) is 50.4 Å². The Labute approximate surface area is 152 Å². The number of carbonyl (C=O) groups excluding carboxylic acids is 1. The molecule has 0 aliphatic heterocycles. The first-order valence-electron chi connectivity index (χ1n) is 9.70. The summed E-state index contributed by atoms with van der Waals surface area (Å²) >= 11 is 0. The second kappa shape index (κ2) is 9.12. The molecule has 0 saturated heterocycles. The van der Waals surface area contributed by atoms with Gasteiger partial charge in [0.05, 0.1) is 0 Å². The second-order valence-corrected chi connectivity index (χ2v) is 8.14. The average molecular weight is 347 g/mol. The summed E-state index contributed by atoms with van der Waals surface area (Å²) in [6.45, 7) is 7.90. The van der Waals surface area contributed by atoms with Gasteiger partial charge in [-0.15, -0.1) is 0 Å². The Hall–Kier alpha value is -1.71. The van der Waals surface area contributed by atoms with Crippen LogP contribution in [0.4, 0.5) is 10.5 Å². The highest BCUT2D eigenvalue weighted by Crippen LogP contribution is 2.23. The van der Waals surface area contributed by atoms with E-state index in [9.17, 15) is 4.79 Å². The lowest BCUT2D eigenvalue weighted by Gasteiger charge is -2.31. The number of ether oxygens (including phenoxy) is 1. The quantitative estimate of drug-likeness (QED) is 0.737. The summed E-state index contributed by atoms with van der Waals surface area (Å²) in [5.74, 6) is 0. The van der Waals surface area contributed by atoms with Crippen LogP contribution in [0.2, 0.25) is 0 Å². The molecule has 2 N–H and O–H groups in total. The lowest BCUT2D eigenvalue weighted by atomic mass is 9.91. The molecule has 140 valence electrons. The molecule has 1 saturated carbocycles. The van der Waals surface area contributed by atoms with Gasteiger partial charge >= 0.3 is 6.09 Å². The van der Waals surface area contributed by atoms with E-state index < -0.39 is 5.60 Å². The molecule has 25 heavy (non-hydrogen) atoms. The fraction of sp³-hybridized carbons (Fsp3) is 0.667. The van der Waals surface area contributed by atoms with Crippen molar-refractivity contribution in [2.24, 2.45) is 0 Å². The maximum absolute atomic E-state index is 11.9. The van der Waals surface area contributed by atoms with Gasteiger partial charge in [0, 0.05) is 17.8 Å². The molecule has 1 aromatic carbocycles. The van der Waals surface area contributed by atoms with E-state index in [4.69, 9.17) is 4.74 Å². The summed E-state index contributed by atoms with van der Waals surface area (Å²) in [4.78, 5) is 11.9. The predicted molar refractivity (Wildman–Crippen MR) is 104 cm³/mol. The SMILES string of the molecule is CCCCc1ccc(NC2CCC(NC(=O)OC(C)(C)C)CC2)cc1. The van der Waals surface area contributed by atoms with Gasteiger partial charge in [0.2, 0.25) is 0 Å². The van der Waals surface area contributed by atoms with Crippen molar-refractivity contribution >= 4 is 11.8 Å². The van der Waals surface area contributed by atoms with Crippen LogP contribution in [0.5, 0.6) is 0 Å². The highest BCUT2D eigenvalue weighted by Gasteiger charge is 2.24. The van der Waals surface area contributed by atoms with E-state index in [1.165, 1.54) is 24.1 Å². The van der Waals surface area contributed by atoms with Gasteiger partial charge in [-0.2, -0.15) is 0 Å².